The van der Waals surface area contributed by atoms with Crippen LogP contribution in [0.5, 0.6) is 5.75 Å². The number of aromatic nitrogens is 1. The fourth-order valence-corrected chi connectivity index (χ4v) is 3.53. The van der Waals surface area contributed by atoms with Crippen molar-refractivity contribution in [1.29, 1.82) is 0 Å². The fourth-order valence-electron chi connectivity index (χ4n) is 3.12. The molecule has 0 aliphatic carbocycles. The number of rotatable bonds is 4. The summed E-state index contributed by atoms with van der Waals surface area (Å²) in [6, 6.07) is 3.38. The van der Waals surface area contributed by atoms with Gasteiger partial charge >= 0.3 is 11.9 Å². The van der Waals surface area contributed by atoms with Gasteiger partial charge in [0, 0.05) is 44.7 Å². The first-order valence-electron chi connectivity index (χ1n) is 7.91. The smallest absolute Gasteiger partial charge is 0.338 e. The molecule has 1 aromatic carbocycles. The van der Waals surface area contributed by atoms with E-state index in [4.69, 9.17) is 9.47 Å². The number of halogens is 1. The normalized spacial score (nSPS) is 15.5. The Balaban J connectivity index is 2.12. The maximum atomic E-state index is 11.9. The summed E-state index contributed by atoms with van der Waals surface area (Å²) >= 11 is 3.38. The molecule has 134 valence electrons. The van der Waals surface area contributed by atoms with Gasteiger partial charge in [-0.15, -0.1) is 0 Å². The zero-order valence-electron chi connectivity index (χ0n) is 14.0. The average Bonchev–Trinajstić information content (AvgIpc) is 2.81. The van der Waals surface area contributed by atoms with E-state index in [2.05, 4.69) is 20.8 Å². The van der Waals surface area contributed by atoms with E-state index in [0.29, 0.717) is 35.4 Å². The third kappa shape index (κ3) is 3.56. The monoisotopic (exact) mass is 410 g/mol. The van der Waals surface area contributed by atoms with Crippen molar-refractivity contribution in [3.63, 3.8) is 0 Å². The molecule has 7 nitrogen and oxygen atoms in total. The lowest BCUT2D eigenvalue weighted by Crippen LogP contribution is -2.36. The van der Waals surface area contributed by atoms with Gasteiger partial charge in [-0.2, -0.15) is 0 Å². The first-order valence-corrected chi connectivity index (χ1v) is 8.70. The third-order valence-electron chi connectivity index (χ3n) is 4.32. The number of carbonyl (C=O) groups excluding carboxylic acids is 1. The summed E-state index contributed by atoms with van der Waals surface area (Å²) in [5.41, 5.74) is 1.73. The van der Waals surface area contributed by atoms with E-state index in [9.17, 15) is 14.7 Å². The van der Waals surface area contributed by atoms with Gasteiger partial charge in [0.15, 0.2) is 0 Å². The molecule has 0 amide bonds. The van der Waals surface area contributed by atoms with Crippen LogP contribution in [0.1, 0.15) is 23.0 Å². The van der Waals surface area contributed by atoms with Crippen molar-refractivity contribution in [2.24, 2.45) is 7.05 Å². The van der Waals surface area contributed by atoms with Crippen molar-refractivity contribution in [2.45, 2.75) is 13.5 Å². The van der Waals surface area contributed by atoms with E-state index in [1.807, 2.05) is 11.6 Å². The van der Waals surface area contributed by atoms with Crippen molar-refractivity contribution in [2.75, 3.05) is 26.3 Å². The number of nitrogens with zero attached hydrogens (tertiary/aromatic N) is 2. The van der Waals surface area contributed by atoms with Crippen molar-refractivity contribution in [3.8, 4) is 5.75 Å². The highest BCUT2D eigenvalue weighted by Crippen LogP contribution is 2.35. The molecule has 0 bridgehead atoms. The Bertz CT molecular complexity index is 839. The van der Waals surface area contributed by atoms with E-state index in [1.54, 1.807) is 12.1 Å². The number of morpholine rings is 1. The van der Waals surface area contributed by atoms with Crippen LogP contribution in [0.3, 0.4) is 0 Å². The lowest BCUT2D eigenvalue weighted by molar-refractivity contribution is -0.131. The molecular weight excluding hydrogens is 392 g/mol. The van der Waals surface area contributed by atoms with Crippen LogP contribution in [0.15, 0.2) is 16.6 Å². The predicted octanol–water partition coefficient (Wildman–Crippen LogP) is 2.40. The number of aromatic carboxylic acids is 1. The summed E-state index contributed by atoms with van der Waals surface area (Å²) in [7, 11) is 1.85. The molecule has 1 aromatic heterocycles. The summed E-state index contributed by atoms with van der Waals surface area (Å²) < 4.78 is 13.0. The fraction of sp³-hybridized carbons (Fsp3) is 0.412. The quantitative estimate of drug-likeness (QED) is 0.615. The number of fused-ring (bicyclic) bond motifs is 1. The molecule has 3 rings (SSSR count). The number of aryl methyl sites for hydroxylation is 1. The Morgan fingerprint density at radius 2 is 2.00 bits per heavy atom. The van der Waals surface area contributed by atoms with Crippen molar-refractivity contribution < 1.29 is 24.2 Å². The topological polar surface area (TPSA) is 81.0 Å². The van der Waals surface area contributed by atoms with Crippen LogP contribution < -0.4 is 4.74 Å². The van der Waals surface area contributed by atoms with Crippen LogP contribution in [-0.4, -0.2) is 52.8 Å². The number of esters is 1. The Morgan fingerprint density at radius 1 is 1.32 bits per heavy atom. The van der Waals surface area contributed by atoms with Gasteiger partial charge in [-0.3, -0.25) is 9.69 Å². The highest BCUT2D eigenvalue weighted by Gasteiger charge is 2.24. The Hall–Kier alpha value is -1.90. The molecule has 1 N–H and O–H groups in total. The largest absolute Gasteiger partial charge is 0.478 e. The predicted molar refractivity (Wildman–Crippen MR) is 95.0 cm³/mol. The van der Waals surface area contributed by atoms with Gasteiger partial charge < -0.3 is 19.1 Å². The SMILES string of the molecule is CC(=O)Oc1cc2c(C(=O)O)c(CN3CCOCC3)n(C)c2cc1Br. The van der Waals surface area contributed by atoms with Gasteiger partial charge in [-0.25, -0.2) is 4.79 Å². The first kappa shape index (κ1) is 17.9. The molecule has 1 aliphatic heterocycles. The van der Waals surface area contributed by atoms with Crippen LogP contribution in [0.2, 0.25) is 0 Å². The number of carbonyl (C=O) groups is 2. The van der Waals surface area contributed by atoms with E-state index in [0.717, 1.165) is 24.3 Å². The van der Waals surface area contributed by atoms with E-state index < -0.39 is 11.9 Å². The van der Waals surface area contributed by atoms with Crippen LogP contribution in [0.25, 0.3) is 10.9 Å². The lowest BCUT2D eigenvalue weighted by Gasteiger charge is -2.27. The Labute approximate surface area is 153 Å². The van der Waals surface area contributed by atoms with Crippen LogP contribution in [0, 0.1) is 0 Å². The van der Waals surface area contributed by atoms with Gasteiger partial charge in [0.1, 0.15) is 5.75 Å². The second-order valence-electron chi connectivity index (χ2n) is 5.97. The Morgan fingerprint density at radius 3 is 2.60 bits per heavy atom. The third-order valence-corrected chi connectivity index (χ3v) is 4.94. The van der Waals surface area contributed by atoms with E-state index in [1.165, 1.54) is 6.92 Å². The number of ether oxygens (including phenoxy) is 2. The summed E-state index contributed by atoms with van der Waals surface area (Å²) in [4.78, 5) is 25.4. The summed E-state index contributed by atoms with van der Waals surface area (Å²) in [6.07, 6.45) is 0. The van der Waals surface area contributed by atoms with Gasteiger partial charge in [-0.1, -0.05) is 0 Å². The van der Waals surface area contributed by atoms with E-state index >= 15 is 0 Å². The van der Waals surface area contributed by atoms with Crippen LogP contribution >= 0.6 is 15.9 Å². The molecule has 25 heavy (non-hydrogen) atoms. The van der Waals surface area contributed by atoms with Gasteiger partial charge in [-0.05, 0) is 28.1 Å². The van der Waals surface area contributed by atoms with Crippen molar-refractivity contribution >= 4 is 38.8 Å². The van der Waals surface area contributed by atoms with Crippen molar-refractivity contribution in [3.05, 3.63) is 27.9 Å². The molecule has 0 unspecified atom stereocenters. The maximum Gasteiger partial charge on any atom is 0.338 e. The first-order chi connectivity index (χ1) is 11.9. The van der Waals surface area contributed by atoms with Crippen LogP contribution in [0.4, 0.5) is 0 Å². The summed E-state index contributed by atoms with van der Waals surface area (Å²) in [5.74, 6) is -1.14. The van der Waals surface area contributed by atoms with E-state index in [-0.39, 0.29) is 5.56 Å². The standard InChI is InChI=1S/C17H19BrN2O5/c1-10(21)25-15-7-11-13(8-12(15)18)19(2)14(16(11)17(22)23)9-20-3-5-24-6-4-20/h7-8H,3-6,9H2,1-2H3,(H,22,23). The minimum Gasteiger partial charge on any atom is -0.478 e. The molecule has 1 aliphatic rings. The lowest BCUT2D eigenvalue weighted by atomic mass is 10.1. The van der Waals surface area contributed by atoms with Crippen molar-refractivity contribution in [1.82, 2.24) is 9.47 Å². The molecule has 2 heterocycles. The number of hydrogen-bond acceptors (Lipinski definition) is 5. The highest BCUT2D eigenvalue weighted by molar-refractivity contribution is 9.10. The molecule has 1 fully saturated rings. The second-order valence-corrected chi connectivity index (χ2v) is 6.82. The summed E-state index contributed by atoms with van der Waals surface area (Å²) in [6.45, 7) is 4.66. The second kappa shape index (κ2) is 7.15. The Kier molecular flexibility index (Phi) is 5.12. The minimum atomic E-state index is -0.995. The zero-order valence-corrected chi connectivity index (χ0v) is 15.6. The van der Waals surface area contributed by atoms with Gasteiger partial charge in [0.25, 0.3) is 0 Å². The number of carboxylic acids is 1. The van der Waals surface area contributed by atoms with Gasteiger partial charge in [0.2, 0.25) is 0 Å². The molecule has 0 saturated carbocycles. The minimum absolute atomic E-state index is 0.241. The summed E-state index contributed by atoms with van der Waals surface area (Å²) in [5, 5.41) is 10.3. The molecule has 1 saturated heterocycles. The molecule has 0 atom stereocenters. The maximum absolute atomic E-state index is 11.9. The highest BCUT2D eigenvalue weighted by atomic mass is 79.9. The molecule has 8 heteroatoms. The average molecular weight is 411 g/mol. The molecule has 2 aromatic rings. The number of benzene rings is 1. The molecular formula is C17H19BrN2O5. The zero-order chi connectivity index (χ0) is 18.1. The number of carboxylic acid groups (broad SMARTS) is 1. The molecule has 0 spiro atoms. The number of hydrogen-bond donors (Lipinski definition) is 1. The van der Waals surface area contributed by atoms with Crippen LogP contribution in [-0.2, 0) is 23.1 Å². The molecule has 0 radical (unpaired) electrons. The van der Waals surface area contributed by atoms with Gasteiger partial charge in [0.05, 0.1) is 28.8 Å².